The first-order valence-corrected chi connectivity index (χ1v) is 8.83. The molecule has 2 aromatic carbocycles. The van der Waals surface area contributed by atoms with Gasteiger partial charge in [-0.2, -0.15) is 0 Å². The maximum Gasteiger partial charge on any atom is 0.310 e. The minimum Gasteiger partial charge on any atom is -0.464 e. The van der Waals surface area contributed by atoms with Crippen LogP contribution in [-0.2, 0) is 20.7 Å². The number of fused-ring (bicyclic) bond motifs is 1. The number of hydrogen-bond donors (Lipinski definition) is 1. The van der Waals surface area contributed by atoms with Crippen molar-refractivity contribution in [1.82, 2.24) is 0 Å². The third-order valence-corrected chi connectivity index (χ3v) is 4.45. The van der Waals surface area contributed by atoms with E-state index in [1.54, 1.807) is 6.26 Å². The molecule has 0 saturated heterocycles. The van der Waals surface area contributed by atoms with Gasteiger partial charge in [0.2, 0.25) is 0 Å². The highest BCUT2D eigenvalue weighted by molar-refractivity contribution is 5.94. The molecule has 3 rings (SSSR count). The molecule has 0 aliphatic heterocycles. The first-order valence-electron chi connectivity index (χ1n) is 8.83. The third kappa shape index (κ3) is 4.37. The molecule has 140 valence electrons. The van der Waals surface area contributed by atoms with Crippen molar-refractivity contribution >= 4 is 28.5 Å². The molecule has 1 amide bonds. The summed E-state index contributed by atoms with van der Waals surface area (Å²) >= 11 is 0. The highest BCUT2D eigenvalue weighted by Crippen LogP contribution is 2.23. The van der Waals surface area contributed by atoms with E-state index in [9.17, 15) is 9.59 Å². The Kier molecular flexibility index (Phi) is 5.31. The average molecular weight is 365 g/mol. The van der Waals surface area contributed by atoms with Crippen molar-refractivity contribution < 1.29 is 18.7 Å². The summed E-state index contributed by atoms with van der Waals surface area (Å²) in [6.45, 7) is 7.54. The predicted molar refractivity (Wildman–Crippen MR) is 105 cm³/mol. The summed E-state index contributed by atoms with van der Waals surface area (Å²) in [5, 5.41) is 3.70. The van der Waals surface area contributed by atoms with Crippen LogP contribution in [0.15, 0.2) is 41.0 Å². The van der Waals surface area contributed by atoms with Gasteiger partial charge in [-0.3, -0.25) is 9.59 Å². The molecule has 0 aliphatic rings. The second-order valence-corrected chi connectivity index (χ2v) is 6.92. The van der Waals surface area contributed by atoms with E-state index < -0.39 is 5.97 Å². The van der Waals surface area contributed by atoms with Gasteiger partial charge in [0.05, 0.1) is 12.7 Å². The van der Waals surface area contributed by atoms with Crippen LogP contribution >= 0.6 is 0 Å². The summed E-state index contributed by atoms with van der Waals surface area (Å²) in [6.07, 6.45) is 1.62. The number of furan rings is 1. The summed E-state index contributed by atoms with van der Waals surface area (Å²) in [5.74, 6) is -0.822. The topological polar surface area (TPSA) is 68.5 Å². The van der Waals surface area contributed by atoms with Gasteiger partial charge in [0.15, 0.2) is 6.61 Å². The van der Waals surface area contributed by atoms with Crippen LogP contribution in [0, 0.1) is 27.7 Å². The maximum absolute atomic E-state index is 12.2. The van der Waals surface area contributed by atoms with E-state index in [0.29, 0.717) is 0 Å². The SMILES string of the molecule is Cc1cc(C)c(NC(=O)COC(=O)Cc2coc3cc(C)ccc23)c(C)c1. The summed E-state index contributed by atoms with van der Waals surface area (Å²) in [4.78, 5) is 24.3. The quantitative estimate of drug-likeness (QED) is 0.681. The second-order valence-electron chi connectivity index (χ2n) is 6.92. The van der Waals surface area contributed by atoms with Gasteiger partial charge >= 0.3 is 5.97 Å². The van der Waals surface area contributed by atoms with Gasteiger partial charge < -0.3 is 14.5 Å². The van der Waals surface area contributed by atoms with Gasteiger partial charge in [0.1, 0.15) is 5.58 Å². The molecule has 1 aromatic heterocycles. The van der Waals surface area contributed by atoms with Crippen LogP contribution in [0.4, 0.5) is 5.69 Å². The lowest BCUT2D eigenvalue weighted by atomic mass is 10.1. The van der Waals surface area contributed by atoms with E-state index in [4.69, 9.17) is 9.15 Å². The molecule has 5 heteroatoms. The van der Waals surface area contributed by atoms with Crippen molar-refractivity contribution in [2.75, 3.05) is 11.9 Å². The molecular formula is C22H23NO4. The number of anilines is 1. The van der Waals surface area contributed by atoms with E-state index in [1.807, 2.05) is 58.0 Å². The van der Waals surface area contributed by atoms with Crippen LogP contribution in [0.25, 0.3) is 11.0 Å². The zero-order valence-corrected chi connectivity index (χ0v) is 16.0. The Morgan fingerprint density at radius 2 is 1.70 bits per heavy atom. The van der Waals surface area contributed by atoms with E-state index in [1.165, 1.54) is 0 Å². The number of aryl methyl sites for hydroxylation is 4. The number of carbonyl (C=O) groups excluding carboxylic acids is 2. The normalized spacial score (nSPS) is 10.8. The number of carbonyl (C=O) groups is 2. The summed E-state index contributed by atoms with van der Waals surface area (Å²) in [7, 11) is 0. The number of rotatable bonds is 5. The smallest absolute Gasteiger partial charge is 0.310 e. The van der Waals surface area contributed by atoms with Crippen LogP contribution < -0.4 is 5.32 Å². The largest absolute Gasteiger partial charge is 0.464 e. The van der Waals surface area contributed by atoms with Gasteiger partial charge in [-0.1, -0.05) is 29.8 Å². The Balaban J connectivity index is 1.58. The van der Waals surface area contributed by atoms with Crippen molar-refractivity contribution in [3.63, 3.8) is 0 Å². The summed E-state index contributed by atoms with van der Waals surface area (Å²) in [5.41, 5.74) is 6.43. The van der Waals surface area contributed by atoms with Crippen LogP contribution in [0.5, 0.6) is 0 Å². The molecule has 5 nitrogen and oxygen atoms in total. The number of amides is 1. The zero-order valence-electron chi connectivity index (χ0n) is 16.0. The summed E-state index contributed by atoms with van der Waals surface area (Å²) < 4.78 is 10.6. The van der Waals surface area contributed by atoms with E-state index in [-0.39, 0.29) is 18.9 Å². The van der Waals surface area contributed by atoms with E-state index in [0.717, 1.165) is 44.5 Å². The van der Waals surface area contributed by atoms with Crippen molar-refractivity contribution in [2.45, 2.75) is 34.1 Å². The molecule has 0 fully saturated rings. The minimum atomic E-state index is -0.467. The van der Waals surface area contributed by atoms with Gasteiger partial charge in [0.25, 0.3) is 5.91 Å². The van der Waals surface area contributed by atoms with Crippen LogP contribution in [0.1, 0.15) is 27.8 Å². The lowest BCUT2D eigenvalue weighted by molar-refractivity contribution is -0.146. The van der Waals surface area contributed by atoms with Crippen LogP contribution in [0.3, 0.4) is 0 Å². The molecular weight excluding hydrogens is 342 g/mol. The molecule has 0 spiro atoms. The fourth-order valence-corrected chi connectivity index (χ4v) is 3.23. The highest BCUT2D eigenvalue weighted by Gasteiger charge is 2.14. The monoisotopic (exact) mass is 365 g/mol. The van der Waals surface area contributed by atoms with E-state index >= 15 is 0 Å². The first-order chi connectivity index (χ1) is 12.8. The lowest BCUT2D eigenvalue weighted by Gasteiger charge is -2.13. The Morgan fingerprint density at radius 1 is 1.00 bits per heavy atom. The van der Waals surface area contributed by atoms with Gasteiger partial charge in [0, 0.05) is 16.6 Å². The molecule has 27 heavy (non-hydrogen) atoms. The Labute approximate surface area is 158 Å². The standard InChI is InChI=1S/C22H23NO4/c1-13-5-6-18-17(11-26-19(18)9-13)10-21(25)27-12-20(24)23-22-15(3)7-14(2)8-16(22)4/h5-9,11H,10,12H2,1-4H3,(H,23,24). The molecule has 0 saturated carbocycles. The fourth-order valence-electron chi connectivity index (χ4n) is 3.23. The molecule has 0 bridgehead atoms. The number of benzene rings is 2. The Bertz CT molecular complexity index is 993. The number of nitrogens with one attached hydrogen (secondary N) is 1. The molecule has 0 aliphatic carbocycles. The lowest BCUT2D eigenvalue weighted by Crippen LogP contribution is -2.22. The minimum absolute atomic E-state index is 0.0614. The van der Waals surface area contributed by atoms with Crippen molar-refractivity contribution in [1.29, 1.82) is 0 Å². The van der Waals surface area contributed by atoms with Crippen molar-refractivity contribution in [3.05, 3.63) is 64.4 Å². The molecule has 1 heterocycles. The third-order valence-electron chi connectivity index (χ3n) is 4.45. The molecule has 0 atom stereocenters. The van der Waals surface area contributed by atoms with Gasteiger partial charge in [-0.15, -0.1) is 0 Å². The van der Waals surface area contributed by atoms with Crippen LogP contribution in [0.2, 0.25) is 0 Å². The van der Waals surface area contributed by atoms with E-state index in [2.05, 4.69) is 5.32 Å². The maximum atomic E-state index is 12.2. The second kappa shape index (κ2) is 7.66. The zero-order chi connectivity index (χ0) is 19.6. The molecule has 3 aromatic rings. The summed E-state index contributed by atoms with van der Waals surface area (Å²) in [6, 6.07) is 9.81. The number of ether oxygens (including phenoxy) is 1. The Hall–Kier alpha value is -3.08. The van der Waals surface area contributed by atoms with Gasteiger partial charge in [-0.25, -0.2) is 0 Å². The highest BCUT2D eigenvalue weighted by atomic mass is 16.5. The number of hydrogen-bond acceptors (Lipinski definition) is 4. The van der Waals surface area contributed by atoms with Crippen LogP contribution in [-0.4, -0.2) is 18.5 Å². The first kappa shape index (κ1) is 18.7. The number of esters is 1. The fraction of sp³-hybridized carbons (Fsp3) is 0.273. The van der Waals surface area contributed by atoms with Crippen molar-refractivity contribution in [2.24, 2.45) is 0 Å². The van der Waals surface area contributed by atoms with Gasteiger partial charge in [-0.05, 0) is 50.5 Å². The predicted octanol–water partition coefficient (Wildman–Crippen LogP) is 4.39. The molecule has 0 unspecified atom stereocenters. The average Bonchev–Trinajstić information content (AvgIpc) is 2.98. The molecule has 1 N–H and O–H groups in total. The molecule has 0 radical (unpaired) electrons. The Morgan fingerprint density at radius 3 is 2.41 bits per heavy atom. The van der Waals surface area contributed by atoms with Crippen molar-refractivity contribution in [3.8, 4) is 0 Å².